The third kappa shape index (κ3) is 4.19. The number of carbonyl (C=O) groups is 2. The number of hydrogen-bond acceptors (Lipinski definition) is 6. The topological polar surface area (TPSA) is 102 Å². The molecule has 5 atom stereocenters. The Morgan fingerprint density at radius 3 is 2.50 bits per heavy atom. The maximum atomic E-state index is 13.6. The number of dihydropyridines is 1. The molecular weight excluding hydrogens is 450 g/mol. The fourth-order valence-corrected chi connectivity index (χ4v) is 9.59. The first kappa shape index (κ1) is 22.9. The molecule has 5 aliphatic carbocycles. The van der Waals surface area contributed by atoms with Gasteiger partial charge in [0.15, 0.2) is 0 Å². The Morgan fingerprint density at radius 2 is 1.82 bits per heavy atom. The van der Waals surface area contributed by atoms with Gasteiger partial charge < -0.3 is 20.4 Å². The van der Waals surface area contributed by atoms with Crippen molar-refractivity contribution in [3.63, 3.8) is 0 Å². The molecule has 0 radical (unpaired) electrons. The van der Waals surface area contributed by atoms with Gasteiger partial charge in [-0.1, -0.05) is 18.9 Å². The first-order chi connectivity index (χ1) is 16.4. The summed E-state index contributed by atoms with van der Waals surface area (Å²) in [5, 5.41) is 24.3. The van der Waals surface area contributed by atoms with E-state index in [1.165, 1.54) is 12.8 Å². The monoisotopic (exact) mass is 487 g/mol. The number of aliphatic carboxylic acids is 1. The van der Waals surface area contributed by atoms with E-state index in [1.807, 2.05) is 28.8 Å². The molecule has 4 bridgehead atoms. The summed E-state index contributed by atoms with van der Waals surface area (Å²) in [4.78, 5) is 32.3. The molecule has 8 heteroatoms. The van der Waals surface area contributed by atoms with E-state index >= 15 is 0 Å². The minimum absolute atomic E-state index is 0.0511. The van der Waals surface area contributed by atoms with Gasteiger partial charge in [0.2, 0.25) is 5.91 Å². The predicted octanol–water partition coefficient (Wildman–Crippen LogP) is 3.18. The van der Waals surface area contributed by atoms with Crippen LogP contribution in [0.1, 0.15) is 70.6 Å². The molecule has 2 heterocycles. The first-order valence-corrected chi connectivity index (χ1v) is 14.3. The molecule has 7 rings (SSSR count). The average Bonchev–Trinajstić information content (AvgIpc) is 3.47. The minimum atomic E-state index is -0.794. The maximum Gasteiger partial charge on any atom is 0.326 e. The summed E-state index contributed by atoms with van der Waals surface area (Å²) in [5.41, 5.74) is -0.501. The van der Waals surface area contributed by atoms with Gasteiger partial charge in [-0.05, 0) is 81.6 Å². The van der Waals surface area contributed by atoms with Crippen LogP contribution < -0.4 is 5.32 Å². The molecule has 5 saturated carbocycles. The number of nitrogens with zero attached hydrogens (tertiary/aromatic N) is 2. The van der Waals surface area contributed by atoms with Crippen LogP contribution in [0, 0.1) is 23.7 Å². The van der Waals surface area contributed by atoms with E-state index < -0.39 is 17.6 Å². The molecule has 186 valence electrons. The number of aliphatic hydroxyl groups is 1. The summed E-state index contributed by atoms with van der Waals surface area (Å²) in [6.45, 7) is 0.702. The van der Waals surface area contributed by atoms with Crippen LogP contribution in [-0.4, -0.2) is 67.7 Å². The van der Waals surface area contributed by atoms with Crippen molar-refractivity contribution in [2.75, 3.05) is 6.54 Å². The molecule has 2 aliphatic heterocycles. The van der Waals surface area contributed by atoms with E-state index in [-0.39, 0.29) is 23.2 Å². The van der Waals surface area contributed by atoms with Crippen LogP contribution in [-0.2, 0) is 9.59 Å². The first-order valence-electron chi connectivity index (χ1n) is 13.3. The largest absolute Gasteiger partial charge is 0.480 e. The highest BCUT2D eigenvalue weighted by Gasteiger charge is 2.55. The van der Waals surface area contributed by atoms with Gasteiger partial charge in [-0.3, -0.25) is 9.79 Å². The average molecular weight is 488 g/mol. The van der Waals surface area contributed by atoms with Crippen molar-refractivity contribution >= 4 is 29.5 Å². The molecule has 1 amide bonds. The van der Waals surface area contributed by atoms with Gasteiger partial charge in [0, 0.05) is 17.8 Å². The number of amidine groups is 1. The fraction of sp³-hybridized carbons (Fsp3) is 0.808. The number of hydrogen-bond donors (Lipinski definition) is 3. The van der Waals surface area contributed by atoms with Crippen LogP contribution in [0.2, 0.25) is 0 Å². The van der Waals surface area contributed by atoms with Gasteiger partial charge >= 0.3 is 5.97 Å². The number of carbonyl (C=O) groups excluding carboxylic acids is 1. The number of aliphatic imine (C=N–C) groups is 1. The van der Waals surface area contributed by atoms with Crippen LogP contribution >= 0.6 is 11.8 Å². The number of carboxylic acids is 1. The van der Waals surface area contributed by atoms with E-state index in [2.05, 4.69) is 5.32 Å². The van der Waals surface area contributed by atoms with E-state index in [1.54, 1.807) is 0 Å². The maximum absolute atomic E-state index is 13.6. The molecule has 7 nitrogen and oxygen atoms in total. The second-order valence-corrected chi connectivity index (χ2v) is 13.1. The molecule has 6 fully saturated rings. The summed E-state index contributed by atoms with van der Waals surface area (Å²) in [7, 11) is 0. The summed E-state index contributed by atoms with van der Waals surface area (Å²) in [6.07, 6.45) is 15.0. The van der Waals surface area contributed by atoms with E-state index in [0.29, 0.717) is 36.0 Å². The number of nitrogens with one attached hydrogen (secondary N) is 1. The summed E-state index contributed by atoms with van der Waals surface area (Å²) in [5.74, 6) is 1.03. The lowest BCUT2D eigenvalue weighted by molar-refractivity contribution is -0.147. The van der Waals surface area contributed by atoms with Gasteiger partial charge in [0.05, 0.1) is 11.5 Å². The SMILES string of the molecule is O=C(NC1C2CC3CC1CC(O)(C3)C2)C1C=CC(N2CCCC2C(=O)O)=NC1SC1CCCC1. The number of carboxylic acid groups (broad SMARTS) is 1. The Balaban J connectivity index is 1.19. The summed E-state index contributed by atoms with van der Waals surface area (Å²) >= 11 is 1.81. The normalized spacial score (nSPS) is 43.4. The van der Waals surface area contributed by atoms with E-state index in [0.717, 1.165) is 57.2 Å². The molecule has 0 aromatic heterocycles. The fourth-order valence-electron chi connectivity index (χ4n) is 8.04. The Kier molecular flexibility index (Phi) is 5.95. The highest BCUT2D eigenvalue weighted by atomic mass is 32.2. The van der Waals surface area contributed by atoms with Crippen LogP contribution in [0.15, 0.2) is 17.1 Å². The van der Waals surface area contributed by atoms with Crippen molar-refractivity contribution < 1.29 is 19.8 Å². The molecule has 1 saturated heterocycles. The van der Waals surface area contributed by atoms with Crippen LogP contribution in [0.5, 0.6) is 0 Å². The van der Waals surface area contributed by atoms with Crippen LogP contribution in [0.4, 0.5) is 0 Å². The number of likely N-dealkylation sites (tertiary alicyclic amines) is 1. The van der Waals surface area contributed by atoms with E-state index in [9.17, 15) is 19.8 Å². The Bertz CT molecular complexity index is 884. The quantitative estimate of drug-likeness (QED) is 0.551. The smallest absolute Gasteiger partial charge is 0.326 e. The van der Waals surface area contributed by atoms with Crippen molar-refractivity contribution in [3.05, 3.63) is 12.2 Å². The second-order valence-electron chi connectivity index (χ2n) is 11.7. The molecule has 34 heavy (non-hydrogen) atoms. The lowest BCUT2D eigenvalue weighted by Gasteiger charge is -2.58. The number of thioether (sulfide) groups is 1. The van der Waals surface area contributed by atoms with Crippen LogP contribution in [0.3, 0.4) is 0 Å². The molecule has 0 spiro atoms. The molecule has 3 N–H and O–H groups in total. The third-order valence-electron chi connectivity index (χ3n) is 9.34. The molecular formula is C26H37N3O4S. The van der Waals surface area contributed by atoms with Gasteiger partial charge in [-0.25, -0.2) is 4.79 Å². The standard InChI is InChI=1S/C26H37N3O4S/c30-23(28-22-16-10-15-11-17(22)14-26(33,12-15)13-16)19-7-8-21(29-9-3-6-20(29)25(31)32)27-24(19)34-18-4-1-2-5-18/h7-8,15-20,22,24,33H,1-6,9-14H2,(H,28,30)(H,31,32). The third-order valence-corrected chi connectivity index (χ3v) is 10.9. The minimum Gasteiger partial charge on any atom is -0.480 e. The summed E-state index contributed by atoms with van der Waals surface area (Å²) < 4.78 is 0. The zero-order valence-electron chi connectivity index (χ0n) is 19.8. The van der Waals surface area contributed by atoms with Gasteiger partial charge in [-0.15, -0.1) is 11.8 Å². The van der Waals surface area contributed by atoms with Gasteiger partial charge in [0.1, 0.15) is 17.3 Å². The Hall–Kier alpha value is -1.54. The predicted molar refractivity (Wildman–Crippen MR) is 131 cm³/mol. The van der Waals surface area contributed by atoms with Gasteiger partial charge in [-0.2, -0.15) is 0 Å². The van der Waals surface area contributed by atoms with Crippen molar-refractivity contribution in [2.24, 2.45) is 28.7 Å². The van der Waals surface area contributed by atoms with Crippen molar-refractivity contribution in [1.82, 2.24) is 10.2 Å². The lowest BCUT2D eigenvalue weighted by Crippen LogP contribution is -2.62. The zero-order chi connectivity index (χ0) is 23.4. The van der Waals surface area contributed by atoms with Crippen molar-refractivity contribution in [2.45, 2.75) is 98.9 Å². The molecule has 7 aliphatic rings. The summed E-state index contributed by atoms with van der Waals surface area (Å²) in [6, 6.07) is -0.361. The lowest BCUT2D eigenvalue weighted by atomic mass is 9.52. The molecule has 0 aromatic carbocycles. The van der Waals surface area contributed by atoms with Crippen molar-refractivity contribution in [1.29, 1.82) is 0 Å². The second kappa shape index (κ2) is 8.84. The van der Waals surface area contributed by atoms with Crippen molar-refractivity contribution in [3.8, 4) is 0 Å². The Morgan fingerprint density at radius 1 is 1.09 bits per heavy atom. The highest BCUT2D eigenvalue weighted by Crippen LogP contribution is 2.55. The number of amides is 1. The number of rotatable bonds is 5. The van der Waals surface area contributed by atoms with Crippen LogP contribution in [0.25, 0.3) is 0 Å². The molecule has 0 aromatic rings. The Labute approximate surface area is 205 Å². The van der Waals surface area contributed by atoms with Gasteiger partial charge in [0.25, 0.3) is 0 Å². The highest BCUT2D eigenvalue weighted by molar-refractivity contribution is 8.00. The van der Waals surface area contributed by atoms with E-state index in [4.69, 9.17) is 4.99 Å². The zero-order valence-corrected chi connectivity index (χ0v) is 20.6. The molecule has 5 unspecified atom stereocenters.